The van der Waals surface area contributed by atoms with E-state index in [1.165, 1.54) is 5.56 Å². The van der Waals surface area contributed by atoms with Gasteiger partial charge in [0.05, 0.1) is 5.60 Å². The zero-order valence-electron chi connectivity index (χ0n) is 11.6. The summed E-state index contributed by atoms with van der Waals surface area (Å²) in [6.45, 7) is 10.9. The van der Waals surface area contributed by atoms with E-state index in [0.717, 1.165) is 5.56 Å². The largest absolute Gasteiger partial charge is 0.384 e. The molecule has 0 aliphatic rings. The average molecular weight is 235 g/mol. The molecule has 96 valence electrons. The molecule has 0 fully saturated rings. The van der Waals surface area contributed by atoms with E-state index in [2.05, 4.69) is 45.1 Å². The molecule has 0 heterocycles. The first-order valence-electron chi connectivity index (χ1n) is 6.39. The number of rotatable bonds is 5. The Labute approximate surface area is 105 Å². The van der Waals surface area contributed by atoms with Crippen LogP contribution in [0.4, 0.5) is 0 Å². The molecule has 1 atom stereocenters. The van der Waals surface area contributed by atoms with Gasteiger partial charge in [-0.15, -0.1) is 0 Å². The summed E-state index contributed by atoms with van der Waals surface area (Å²) < 4.78 is 0. The Bertz CT molecular complexity index is 338. The summed E-state index contributed by atoms with van der Waals surface area (Å²) in [5, 5.41) is 13.7. The molecule has 0 saturated carbocycles. The Hall–Kier alpha value is -0.860. The summed E-state index contributed by atoms with van der Waals surface area (Å²) >= 11 is 0. The molecule has 2 heteroatoms. The highest BCUT2D eigenvalue weighted by Crippen LogP contribution is 2.22. The lowest BCUT2D eigenvalue weighted by molar-refractivity contribution is 0.0549. The Morgan fingerprint density at radius 3 is 2.06 bits per heavy atom. The normalized spacial score (nSPS) is 15.3. The molecular weight excluding hydrogens is 210 g/mol. The fourth-order valence-corrected chi connectivity index (χ4v) is 1.73. The van der Waals surface area contributed by atoms with Crippen molar-refractivity contribution in [3.8, 4) is 0 Å². The summed E-state index contributed by atoms with van der Waals surface area (Å²) in [7, 11) is 0. The molecule has 0 aromatic heterocycles. The van der Waals surface area contributed by atoms with Crippen molar-refractivity contribution < 1.29 is 5.11 Å². The van der Waals surface area contributed by atoms with Crippen LogP contribution < -0.4 is 5.32 Å². The summed E-state index contributed by atoms with van der Waals surface area (Å²) in [5.74, 6) is 0.530. The lowest BCUT2D eigenvalue weighted by Crippen LogP contribution is -2.38. The zero-order chi connectivity index (χ0) is 13.1. The third-order valence-corrected chi connectivity index (χ3v) is 3.05. The van der Waals surface area contributed by atoms with Gasteiger partial charge in [-0.3, -0.25) is 0 Å². The lowest BCUT2D eigenvalue weighted by Gasteiger charge is -2.26. The van der Waals surface area contributed by atoms with Gasteiger partial charge in [-0.25, -0.2) is 0 Å². The molecule has 2 nitrogen and oxygen atoms in total. The van der Waals surface area contributed by atoms with E-state index in [1.54, 1.807) is 0 Å². The highest BCUT2D eigenvalue weighted by atomic mass is 16.3. The van der Waals surface area contributed by atoms with E-state index in [9.17, 15) is 5.11 Å². The Morgan fingerprint density at radius 1 is 1.12 bits per heavy atom. The van der Waals surface area contributed by atoms with Crippen molar-refractivity contribution in [2.75, 3.05) is 6.54 Å². The van der Waals surface area contributed by atoms with Crippen molar-refractivity contribution in [3.63, 3.8) is 0 Å². The van der Waals surface area contributed by atoms with Crippen LogP contribution in [-0.4, -0.2) is 17.7 Å². The highest BCUT2D eigenvalue weighted by molar-refractivity contribution is 5.28. The molecule has 0 amide bonds. The van der Waals surface area contributed by atoms with Gasteiger partial charge in [-0.1, -0.05) is 52.0 Å². The molecule has 17 heavy (non-hydrogen) atoms. The maximum absolute atomic E-state index is 10.4. The fourth-order valence-electron chi connectivity index (χ4n) is 1.73. The molecule has 1 aromatic rings. The second kappa shape index (κ2) is 5.65. The van der Waals surface area contributed by atoms with E-state index in [1.807, 2.05) is 19.1 Å². The van der Waals surface area contributed by atoms with Gasteiger partial charge >= 0.3 is 0 Å². The average Bonchev–Trinajstić information content (AvgIpc) is 2.27. The van der Waals surface area contributed by atoms with E-state index in [4.69, 9.17) is 0 Å². The second-order valence-corrected chi connectivity index (χ2v) is 5.59. The molecule has 0 radical (unpaired) electrons. The van der Waals surface area contributed by atoms with E-state index < -0.39 is 5.60 Å². The van der Waals surface area contributed by atoms with Crippen molar-refractivity contribution in [1.29, 1.82) is 0 Å². The SMILES string of the molecule is CC(C)NCC(C)(O)c1ccc(C(C)C)cc1. The third-order valence-electron chi connectivity index (χ3n) is 3.05. The molecule has 0 aliphatic heterocycles. The quantitative estimate of drug-likeness (QED) is 0.822. The smallest absolute Gasteiger partial charge is 0.0992 e. The first kappa shape index (κ1) is 14.2. The predicted molar refractivity (Wildman–Crippen MR) is 73.2 cm³/mol. The predicted octanol–water partition coefficient (Wildman–Crippen LogP) is 3.02. The molecular formula is C15H25NO. The number of hydrogen-bond acceptors (Lipinski definition) is 2. The molecule has 2 N–H and O–H groups in total. The maximum Gasteiger partial charge on any atom is 0.0992 e. The highest BCUT2D eigenvalue weighted by Gasteiger charge is 2.22. The number of hydrogen-bond donors (Lipinski definition) is 2. The summed E-state index contributed by atoms with van der Waals surface area (Å²) in [6, 6.07) is 8.64. The second-order valence-electron chi connectivity index (χ2n) is 5.59. The van der Waals surface area contributed by atoms with Gasteiger partial charge in [0.1, 0.15) is 0 Å². The lowest BCUT2D eigenvalue weighted by atomic mass is 9.93. The van der Waals surface area contributed by atoms with Crippen LogP contribution in [0.2, 0.25) is 0 Å². The fraction of sp³-hybridized carbons (Fsp3) is 0.600. The van der Waals surface area contributed by atoms with Crippen LogP contribution in [0.1, 0.15) is 51.7 Å². The minimum atomic E-state index is -0.806. The van der Waals surface area contributed by atoms with E-state index in [-0.39, 0.29) is 0 Å². The summed E-state index contributed by atoms with van der Waals surface area (Å²) in [4.78, 5) is 0. The van der Waals surface area contributed by atoms with Gasteiger partial charge < -0.3 is 10.4 Å². The summed E-state index contributed by atoms with van der Waals surface area (Å²) in [5.41, 5.74) is 1.47. The van der Waals surface area contributed by atoms with Crippen molar-refractivity contribution >= 4 is 0 Å². The maximum atomic E-state index is 10.4. The van der Waals surface area contributed by atoms with Gasteiger partial charge in [0.25, 0.3) is 0 Å². The van der Waals surface area contributed by atoms with Crippen LogP contribution in [0, 0.1) is 0 Å². The van der Waals surface area contributed by atoms with Crippen LogP contribution in [0.3, 0.4) is 0 Å². The van der Waals surface area contributed by atoms with Crippen LogP contribution in [0.5, 0.6) is 0 Å². The molecule has 0 spiro atoms. The first-order valence-corrected chi connectivity index (χ1v) is 6.39. The molecule has 1 aromatic carbocycles. The number of aliphatic hydroxyl groups is 1. The van der Waals surface area contributed by atoms with Gasteiger partial charge in [-0.05, 0) is 24.0 Å². The van der Waals surface area contributed by atoms with Crippen LogP contribution in [0.15, 0.2) is 24.3 Å². The molecule has 0 aliphatic carbocycles. The Morgan fingerprint density at radius 2 is 1.65 bits per heavy atom. The van der Waals surface area contributed by atoms with Crippen molar-refractivity contribution in [3.05, 3.63) is 35.4 Å². The Kier molecular flexibility index (Phi) is 4.72. The first-order chi connectivity index (χ1) is 7.83. The minimum absolute atomic E-state index is 0.386. The summed E-state index contributed by atoms with van der Waals surface area (Å²) in [6.07, 6.45) is 0. The van der Waals surface area contributed by atoms with Gasteiger partial charge in [0.15, 0.2) is 0 Å². The van der Waals surface area contributed by atoms with Crippen LogP contribution in [0.25, 0.3) is 0 Å². The van der Waals surface area contributed by atoms with Gasteiger partial charge in [-0.2, -0.15) is 0 Å². The standard InChI is InChI=1S/C15H25NO/c1-11(2)13-6-8-14(9-7-13)15(5,17)10-16-12(3)4/h6-9,11-12,16-17H,10H2,1-5H3. The van der Waals surface area contributed by atoms with Gasteiger partial charge in [0.2, 0.25) is 0 Å². The third kappa shape index (κ3) is 4.14. The number of nitrogens with one attached hydrogen (secondary N) is 1. The van der Waals surface area contributed by atoms with Crippen LogP contribution in [-0.2, 0) is 5.60 Å². The Balaban J connectivity index is 2.77. The van der Waals surface area contributed by atoms with E-state index >= 15 is 0 Å². The van der Waals surface area contributed by atoms with E-state index in [0.29, 0.717) is 18.5 Å². The zero-order valence-corrected chi connectivity index (χ0v) is 11.6. The number of benzene rings is 1. The monoisotopic (exact) mass is 235 g/mol. The van der Waals surface area contributed by atoms with Crippen molar-refractivity contribution in [1.82, 2.24) is 5.32 Å². The molecule has 0 saturated heterocycles. The molecule has 1 unspecified atom stereocenters. The molecule has 0 bridgehead atoms. The van der Waals surface area contributed by atoms with Crippen molar-refractivity contribution in [2.45, 2.75) is 52.2 Å². The van der Waals surface area contributed by atoms with Crippen LogP contribution >= 0.6 is 0 Å². The van der Waals surface area contributed by atoms with Gasteiger partial charge in [0, 0.05) is 12.6 Å². The minimum Gasteiger partial charge on any atom is -0.384 e. The molecule has 1 rings (SSSR count). The topological polar surface area (TPSA) is 32.3 Å². The van der Waals surface area contributed by atoms with Crippen molar-refractivity contribution in [2.24, 2.45) is 0 Å².